The molecule has 3 heterocycles. The molecule has 4 aromatic rings. The van der Waals surface area contributed by atoms with Gasteiger partial charge < -0.3 is 24.7 Å². The van der Waals surface area contributed by atoms with Crippen molar-refractivity contribution in [2.45, 2.75) is 64.1 Å². The van der Waals surface area contributed by atoms with Crippen molar-refractivity contribution >= 4 is 36.4 Å². The largest absolute Gasteiger partial charge is 0.465 e. The Morgan fingerprint density at radius 3 is 2.02 bits per heavy atom. The minimum absolute atomic E-state index is 0.118. The number of hydrogen-bond donors (Lipinski definition) is 3. The second-order valence-electron chi connectivity index (χ2n) is 11.6. The van der Waals surface area contributed by atoms with Crippen LogP contribution < -0.4 is 15.9 Å². The molecule has 0 radical (unpaired) electrons. The smallest absolute Gasteiger partial charge is 0.323 e. The van der Waals surface area contributed by atoms with E-state index < -0.39 is 56.2 Å². The lowest BCUT2D eigenvalue weighted by molar-refractivity contribution is -0.146. The van der Waals surface area contributed by atoms with E-state index in [2.05, 4.69) is 25.1 Å². The summed E-state index contributed by atoms with van der Waals surface area (Å²) in [4.78, 5) is 38.9. The van der Waals surface area contributed by atoms with Crippen molar-refractivity contribution in [2.24, 2.45) is 0 Å². The van der Waals surface area contributed by atoms with E-state index in [0.717, 1.165) is 17.2 Å². The van der Waals surface area contributed by atoms with Gasteiger partial charge in [0.2, 0.25) is 7.44 Å². The number of aromatic nitrogens is 4. The number of carbonyl (C=O) groups excluding carboxylic acids is 2. The summed E-state index contributed by atoms with van der Waals surface area (Å²) >= 11 is 0. The SMILES string of the molecule is CCCOC(=O)C(Cc1ccccc1)NP(=O)(CO[C@@H]1C=C(F)[C@H](n2cnc3c(N)ncnc32)O1)NC(Cc1ccccc1)C(=O)OCCC. The minimum atomic E-state index is -4.09. The normalized spacial score (nSPS) is 18.3. The Labute approximate surface area is 289 Å². The van der Waals surface area contributed by atoms with E-state index in [1.807, 2.05) is 74.5 Å². The second kappa shape index (κ2) is 17.4. The van der Waals surface area contributed by atoms with Crippen molar-refractivity contribution in [3.8, 4) is 0 Å². The second-order valence-corrected chi connectivity index (χ2v) is 13.9. The van der Waals surface area contributed by atoms with Gasteiger partial charge in [0, 0.05) is 6.08 Å². The Kier molecular flexibility index (Phi) is 12.8. The Hall–Kier alpha value is -4.53. The molecule has 2 aromatic carbocycles. The number of anilines is 1. The number of esters is 2. The van der Waals surface area contributed by atoms with Gasteiger partial charge in [-0.05, 0) is 36.8 Å². The summed E-state index contributed by atoms with van der Waals surface area (Å²) in [5.74, 6) is -1.87. The zero-order valence-corrected chi connectivity index (χ0v) is 28.7. The standard InChI is InChI=1S/C34H41FN7O7P/c1-3-15-46-33(43)26(17-23-11-7-5-8-12-23)40-50(45,41-27(34(44)47-16-4-2)18-24-13-9-6-10-14-24)22-48-28-19-25(35)32(49-28)42-21-39-29-30(36)37-20-38-31(29)42/h5-14,19-21,26-28,32H,3-4,15-18,22H2,1-2H3,(H2,36,37,38)(H2,40,41,45)/t26?,27?,28-,32+,50?/m0/s1. The van der Waals surface area contributed by atoms with E-state index >= 15 is 4.39 Å². The number of nitrogens with one attached hydrogen (secondary N) is 2. The Morgan fingerprint density at radius 2 is 1.48 bits per heavy atom. The van der Waals surface area contributed by atoms with E-state index in [-0.39, 0.29) is 43.0 Å². The first-order valence-electron chi connectivity index (χ1n) is 16.3. The Bertz CT molecular complexity index is 1740. The van der Waals surface area contributed by atoms with Gasteiger partial charge >= 0.3 is 11.9 Å². The first kappa shape index (κ1) is 36.7. The highest BCUT2D eigenvalue weighted by atomic mass is 31.2. The predicted octanol–water partition coefficient (Wildman–Crippen LogP) is 4.59. The van der Waals surface area contributed by atoms with Crippen LogP contribution in [-0.4, -0.2) is 69.4 Å². The molecule has 1 aliphatic heterocycles. The lowest BCUT2D eigenvalue weighted by Gasteiger charge is -2.29. The van der Waals surface area contributed by atoms with Crippen molar-refractivity contribution in [1.82, 2.24) is 29.7 Å². The third-order valence-electron chi connectivity index (χ3n) is 7.61. The number of nitrogens with two attached hydrogens (primary N) is 1. The molecule has 2 aromatic heterocycles. The quantitative estimate of drug-likeness (QED) is 0.0965. The van der Waals surface area contributed by atoms with E-state index in [1.54, 1.807) is 0 Å². The van der Waals surface area contributed by atoms with Gasteiger partial charge in [-0.3, -0.25) is 18.7 Å². The summed E-state index contributed by atoms with van der Waals surface area (Å²) in [7, 11) is -4.09. The maximum absolute atomic E-state index is 15.3. The molecule has 50 heavy (non-hydrogen) atoms. The number of nitrogens with zero attached hydrogens (tertiary/aromatic N) is 4. The Morgan fingerprint density at radius 1 is 0.920 bits per heavy atom. The first-order valence-corrected chi connectivity index (χ1v) is 18.2. The number of hydrogen-bond acceptors (Lipinski definition) is 11. The number of halogens is 1. The monoisotopic (exact) mass is 709 g/mol. The number of nitrogen functional groups attached to an aromatic ring is 1. The predicted molar refractivity (Wildman–Crippen MR) is 183 cm³/mol. The van der Waals surface area contributed by atoms with E-state index in [1.165, 1.54) is 17.2 Å². The van der Waals surface area contributed by atoms with Crippen molar-refractivity contribution in [1.29, 1.82) is 0 Å². The van der Waals surface area contributed by atoms with Gasteiger partial charge in [-0.25, -0.2) is 29.5 Å². The molecular formula is C34H41FN7O7P. The molecule has 14 nitrogen and oxygen atoms in total. The number of imidazole rings is 1. The van der Waals surface area contributed by atoms with Gasteiger partial charge in [0.1, 0.15) is 30.3 Å². The molecule has 5 rings (SSSR count). The molecule has 266 valence electrons. The van der Waals surface area contributed by atoms with Gasteiger partial charge in [-0.2, -0.15) is 0 Å². The molecule has 0 fully saturated rings. The number of carbonyl (C=O) groups is 2. The molecule has 4 N–H and O–H groups in total. The maximum Gasteiger partial charge on any atom is 0.323 e. The van der Waals surface area contributed by atoms with Gasteiger partial charge in [0.25, 0.3) is 0 Å². The highest BCUT2D eigenvalue weighted by Crippen LogP contribution is 2.41. The van der Waals surface area contributed by atoms with Gasteiger partial charge in [0.15, 0.2) is 29.8 Å². The van der Waals surface area contributed by atoms with Crippen LogP contribution in [-0.2, 0) is 45.9 Å². The van der Waals surface area contributed by atoms with Crippen LogP contribution in [0.4, 0.5) is 10.2 Å². The van der Waals surface area contributed by atoms with Crippen molar-refractivity contribution in [2.75, 3.05) is 25.3 Å². The minimum Gasteiger partial charge on any atom is -0.465 e. The van der Waals surface area contributed by atoms with Crippen LogP contribution >= 0.6 is 7.44 Å². The summed E-state index contributed by atoms with van der Waals surface area (Å²) in [5.41, 5.74) is 7.95. The van der Waals surface area contributed by atoms with E-state index in [4.69, 9.17) is 24.7 Å². The number of benzene rings is 2. The zero-order valence-electron chi connectivity index (χ0n) is 27.8. The molecule has 2 unspecified atom stereocenters. The maximum atomic E-state index is 15.3. The molecule has 0 saturated heterocycles. The highest BCUT2D eigenvalue weighted by Gasteiger charge is 2.38. The fourth-order valence-corrected chi connectivity index (χ4v) is 7.22. The molecular weight excluding hydrogens is 668 g/mol. The third-order valence-corrected chi connectivity index (χ3v) is 9.58. The van der Waals surface area contributed by atoms with Crippen molar-refractivity contribution < 1.29 is 37.5 Å². The number of rotatable bonds is 18. The van der Waals surface area contributed by atoms with E-state index in [9.17, 15) is 14.2 Å². The summed E-state index contributed by atoms with van der Waals surface area (Å²) in [6.45, 7) is 4.03. The van der Waals surface area contributed by atoms with Gasteiger partial charge in [-0.15, -0.1) is 0 Å². The summed E-state index contributed by atoms with van der Waals surface area (Å²) in [6, 6.07) is 16.1. The topological polar surface area (TPSA) is 182 Å². The molecule has 4 atom stereocenters. The summed E-state index contributed by atoms with van der Waals surface area (Å²) < 4.78 is 54.3. The Balaban J connectivity index is 1.41. The van der Waals surface area contributed by atoms with Gasteiger partial charge in [-0.1, -0.05) is 74.5 Å². The molecule has 1 aliphatic rings. The molecule has 0 aliphatic carbocycles. The van der Waals surface area contributed by atoms with Crippen LogP contribution in [0.1, 0.15) is 44.0 Å². The average molecular weight is 710 g/mol. The fourth-order valence-electron chi connectivity index (χ4n) is 5.23. The zero-order chi connectivity index (χ0) is 35.5. The van der Waals surface area contributed by atoms with Crippen molar-refractivity contribution in [3.05, 3.63) is 96.3 Å². The molecule has 0 bridgehead atoms. The van der Waals surface area contributed by atoms with Gasteiger partial charge in [0.05, 0.1) is 19.5 Å². The summed E-state index contributed by atoms with van der Waals surface area (Å²) in [6.07, 6.45) is 1.78. The first-order chi connectivity index (χ1) is 24.2. The number of fused-ring (bicyclic) bond motifs is 1. The van der Waals surface area contributed by atoms with E-state index in [0.29, 0.717) is 12.8 Å². The summed E-state index contributed by atoms with van der Waals surface area (Å²) in [5, 5.41) is 5.88. The molecule has 0 saturated carbocycles. The third kappa shape index (κ3) is 9.58. The van der Waals surface area contributed by atoms with Crippen LogP contribution in [0.15, 0.2) is 85.2 Å². The van der Waals surface area contributed by atoms with Crippen LogP contribution in [0.25, 0.3) is 11.2 Å². The molecule has 0 spiro atoms. The van der Waals surface area contributed by atoms with Crippen LogP contribution in [0, 0.1) is 0 Å². The van der Waals surface area contributed by atoms with Crippen LogP contribution in [0.5, 0.6) is 0 Å². The van der Waals surface area contributed by atoms with Crippen LogP contribution in [0.2, 0.25) is 0 Å². The lowest BCUT2D eigenvalue weighted by Crippen LogP contribution is -2.46. The van der Waals surface area contributed by atoms with Crippen LogP contribution in [0.3, 0.4) is 0 Å². The lowest BCUT2D eigenvalue weighted by atomic mass is 10.1. The highest BCUT2D eigenvalue weighted by molar-refractivity contribution is 7.59. The molecule has 0 amide bonds. The number of ether oxygens (including phenoxy) is 4. The van der Waals surface area contributed by atoms with Crippen molar-refractivity contribution in [3.63, 3.8) is 0 Å². The fraction of sp³-hybridized carbons (Fsp3) is 0.382. The molecule has 16 heteroatoms. The average Bonchev–Trinajstić information content (AvgIpc) is 3.72.